The highest BCUT2D eigenvalue weighted by atomic mass is 19.1. The summed E-state index contributed by atoms with van der Waals surface area (Å²) in [7, 11) is 0. The van der Waals surface area contributed by atoms with Gasteiger partial charge in [0.1, 0.15) is 5.82 Å². The third-order valence-electron chi connectivity index (χ3n) is 3.83. The predicted octanol–water partition coefficient (Wildman–Crippen LogP) is 2.99. The fraction of sp³-hybridized carbons (Fsp3) is 0.0526. The largest absolute Gasteiger partial charge is 0.345 e. The van der Waals surface area contributed by atoms with Crippen LogP contribution in [0.25, 0.3) is 17.1 Å². The number of benzene rings is 2. The molecule has 27 heavy (non-hydrogen) atoms. The molecule has 1 N–H and O–H groups in total. The zero-order valence-electron chi connectivity index (χ0n) is 14.0. The fourth-order valence-electron chi connectivity index (χ4n) is 2.46. The quantitative estimate of drug-likeness (QED) is 0.589. The van der Waals surface area contributed by atoms with Gasteiger partial charge >= 0.3 is 0 Å². The second-order valence-corrected chi connectivity index (χ2v) is 5.71. The van der Waals surface area contributed by atoms with E-state index in [9.17, 15) is 9.18 Å². The lowest BCUT2D eigenvalue weighted by Gasteiger charge is -2.00. The number of nitrogens with zero attached hydrogens (tertiary/aromatic N) is 4. The van der Waals surface area contributed by atoms with Gasteiger partial charge in [-0.05, 0) is 36.4 Å². The predicted molar refractivity (Wildman–Crippen MR) is 94.4 cm³/mol. The summed E-state index contributed by atoms with van der Waals surface area (Å²) in [6.45, 7) is 0.122. The SMILES string of the molecule is O=C(NCc1noc(-c2ccccc2)n1)c1cnn(-c2ccc(F)cc2)c1. The number of hydrogen-bond acceptors (Lipinski definition) is 5. The van der Waals surface area contributed by atoms with Gasteiger partial charge in [-0.3, -0.25) is 4.79 Å². The van der Waals surface area contributed by atoms with Crippen LogP contribution in [0.4, 0.5) is 4.39 Å². The van der Waals surface area contributed by atoms with Gasteiger partial charge in [-0.1, -0.05) is 23.4 Å². The van der Waals surface area contributed by atoms with Crippen LogP contribution in [0.2, 0.25) is 0 Å². The molecule has 4 aromatic rings. The highest BCUT2D eigenvalue weighted by molar-refractivity contribution is 5.93. The number of amides is 1. The van der Waals surface area contributed by atoms with E-state index in [2.05, 4.69) is 20.6 Å². The summed E-state index contributed by atoms with van der Waals surface area (Å²) in [5.41, 5.74) is 1.83. The van der Waals surface area contributed by atoms with E-state index < -0.39 is 0 Å². The second kappa shape index (κ2) is 7.20. The number of carbonyl (C=O) groups excluding carboxylic acids is 1. The Morgan fingerprint density at radius 3 is 2.67 bits per heavy atom. The molecule has 0 aliphatic heterocycles. The molecule has 0 unspecified atom stereocenters. The summed E-state index contributed by atoms with van der Waals surface area (Å²) < 4.78 is 19.7. The van der Waals surface area contributed by atoms with Gasteiger partial charge in [-0.15, -0.1) is 0 Å². The van der Waals surface area contributed by atoms with E-state index in [1.165, 1.54) is 23.0 Å². The van der Waals surface area contributed by atoms with Crippen LogP contribution in [0.15, 0.2) is 71.5 Å². The second-order valence-electron chi connectivity index (χ2n) is 5.71. The molecule has 0 saturated carbocycles. The van der Waals surface area contributed by atoms with Gasteiger partial charge in [-0.25, -0.2) is 9.07 Å². The molecule has 7 nitrogen and oxygen atoms in total. The fourth-order valence-corrected chi connectivity index (χ4v) is 2.46. The van der Waals surface area contributed by atoms with Crippen LogP contribution in [0.3, 0.4) is 0 Å². The zero-order chi connectivity index (χ0) is 18.6. The van der Waals surface area contributed by atoms with Gasteiger partial charge in [0.15, 0.2) is 5.82 Å². The van der Waals surface area contributed by atoms with E-state index in [4.69, 9.17) is 4.52 Å². The first-order valence-corrected chi connectivity index (χ1v) is 8.16. The Hall–Kier alpha value is -3.81. The maximum Gasteiger partial charge on any atom is 0.257 e. The molecule has 0 saturated heterocycles. The molecule has 0 radical (unpaired) electrons. The Labute approximate surface area is 153 Å². The van der Waals surface area contributed by atoms with Crippen molar-refractivity contribution in [3.63, 3.8) is 0 Å². The number of hydrogen-bond donors (Lipinski definition) is 1. The summed E-state index contributed by atoms with van der Waals surface area (Å²) in [6.07, 6.45) is 3.00. The van der Waals surface area contributed by atoms with Gasteiger partial charge in [0.05, 0.1) is 24.0 Å². The van der Waals surface area contributed by atoms with Gasteiger partial charge in [0.2, 0.25) is 0 Å². The van der Waals surface area contributed by atoms with Gasteiger partial charge in [0.25, 0.3) is 11.8 Å². The molecule has 0 aliphatic carbocycles. The molecule has 4 rings (SSSR count). The number of rotatable bonds is 5. The minimum atomic E-state index is -0.334. The number of carbonyl (C=O) groups is 1. The van der Waals surface area contributed by atoms with Crippen molar-refractivity contribution in [1.82, 2.24) is 25.2 Å². The molecule has 2 aromatic heterocycles. The van der Waals surface area contributed by atoms with Crippen molar-refractivity contribution in [3.8, 4) is 17.1 Å². The van der Waals surface area contributed by atoms with Crippen molar-refractivity contribution in [3.05, 3.63) is 84.2 Å². The molecule has 2 aromatic carbocycles. The summed E-state index contributed by atoms with van der Waals surface area (Å²) in [6, 6.07) is 15.2. The standard InChI is InChI=1S/C19H14FN5O2/c20-15-6-8-16(9-7-15)25-12-14(10-22-25)18(26)21-11-17-23-19(27-24-17)13-4-2-1-3-5-13/h1-10,12H,11H2,(H,21,26). The zero-order valence-corrected chi connectivity index (χ0v) is 14.0. The van der Waals surface area contributed by atoms with Crippen LogP contribution in [0, 0.1) is 5.82 Å². The van der Waals surface area contributed by atoms with Crippen LogP contribution in [0.1, 0.15) is 16.2 Å². The minimum absolute atomic E-state index is 0.122. The lowest BCUT2D eigenvalue weighted by molar-refractivity contribution is 0.0949. The Balaban J connectivity index is 1.40. The Morgan fingerprint density at radius 1 is 1.11 bits per heavy atom. The average molecular weight is 363 g/mol. The third-order valence-corrected chi connectivity index (χ3v) is 3.83. The number of nitrogens with one attached hydrogen (secondary N) is 1. The van der Waals surface area contributed by atoms with Crippen molar-refractivity contribution in [2.75, 3.05) is 0 Å². The first-order valence-electron chi connectivity index (χ1n) is 8.16. The molecule has 8 heteroatoms. The maximum absolute atomic E-state index is 13.0. The molecule has 0 aliphatic rings. The van der Waals surface area contributed by atoms with E-state index >= 15 is 0 Å². The van der Waals surface area contributed by atoms with Crippen LogP contribution in [-0.2, 0) is 6.54 Å². The smallest absolute Gasteiger partial charge is 0.257 e. The number of aromatic nitrogens is 4. The summed E-state index contributed by atoms with van der Waals surface area (Å²) in [4.78, 5) is 16.5. The normalized spacial score (nSPS) is 10.7. The van der Waals surface area contributed by atoms with Crippen molar-refractivity contribution in [1.29, 1.82) is 0 Å². The highest BCUT2D eigenvalue weighted by Gasteiger charge is 2.12. The summed E-state index contributed by atoms with van der Waals surface area (Å²) in [5.74, 6) is 0.102. The van der Waals surface area contributed by atoms with Crippen molar-refractivity contribution < 1.29 is 13.7 Å². The lowest BCUT2D eigenvalue weighted by Crippen LogP contribution is -2.23. The molecule has 0 atom stereocenters. The highest BCUT2D eigenvalue weighted by Crippen LogP contribution is 2.16. The average Bonchev–Trinajstić information content (AvgIpc) is 3.37. The Morgan fingerprint density at radius 2 is 1.89 bits per heavy atom. The maximum atomic E-state index is 13.0. The molecule has 0 spiro atoms. The molecule has 1 amide bonds. The van der Waals surface area contributed by atoms with Gasteiger partial charge in [0, 0.05) is 11.8 Å². The van der Waals surface area contributed by atoms with E-state index in [0.717, 1.165) is 5.56 Å². The van der Waals surface area contributed by atoms with E-state index in [0.29, 0.717) is 23.0 Å². The molecule has 2 heterocycles. The number of halogens is 1. The van der Waals surface area contributed by atoms with Crippen LogP contribution >= 0.6 is 0 Å². The van der Waals surface area contributed by atoms with Gasteiger partial charge in [-0.2, -0.15) is 10.1 Å². The van der Waals surface area contributed by atoms with Gasteiger partial charge < -0.3 is 9.84 Å². The van der Waals surface area contributed by atoms with Crippen LogP contribution in [0.5, 0.6) is 0 Å². The molecular weight excluding hydrogens is 349 g/mol. The molecule has 0 fully saturated rings. The molecular formula is C19H14FN5O2. The van der Waals surface area contributed by atoms with Crippen molar-refractivity contribution in [2.24, 2.45) is 0 Å². The van der Waals surface area contributed by atoms with E-state index in [-0.39, 0.29) is 18.3 Å². The van der Waals surface area contributed by atoms with Crippen molar-refractivity contribution >= 4 is 5.91 Å². The van der Waals surface area contributed by atoms with Crippen molar-refractivity contribution in [2.45, 2.75) is 6.54 Å². The van der Waals surface area contributed by atoms with E-state index in [1.54, 1.807) is 18.3 Å². The lowest BCUT2D eigenvalue weighted by atomic mass is 10.2. The summed E-state index contributed by atoms with van der Waals surface area (Å²) in [5, 5.41) is 10.7. The minimum Gasteiger partial charge on any atom is -0.345 e. The monoisotopic (exact) mass is 363 g/mol. The molecule has 134 valence electrons. The Kier molecular flexibility index (Phi) is 4.44. The Bertz CT molecular complexity index is 1060. The first-order chi connectivity index (χ1) is 13.2. The third kappa shape index (κ3) is 3.74. The van der Waals surface area contributed by atoms with Crippen LogP contribution < -0.4 is 5.32 Å². The van der Waals surface area contributed by atoms with Crippen LogP contribution in [-0.4, -0.2) is 25.8 Å². The first kappa shape index (κ1) is 16.6. The molecule has 0 bridgehead atoms. The topological polar surface area (TPSA) is 85.8 Å². The summed E-state index contributed by atoms with van der Waals surface area (Å²) >= 11 is 0. The van der Waals surface area contributed by atoms with E-state index in [1.807, 2.05) is 30.3 Å².